The minimum atomic E-state index is -0.291. The first-order chi connectivity index (χ1) is 12.0. The molecule has 0 radical (unpaired) electrons. The van der Waals surface area contributed by atoms with Crippen LogP contribution in [0.1, 0.15) is 37.1 Å². The van der Waals surface area contributed by atoms with E-state index in [0.29, 0.717) is 18.3 Å². The summed E-state index contributed by atoms with van der Waals surface area (Å²) in [6.45, 7) is 3.76. The van der Waals surface area contributed by atoms with Gasteiger partial charge in [-0.15, -0.1) is 0 Å². The topological polar surface area (TPSA) is 71.8 Å². The number of carbonyl (C=O) groups excluding carboxylic acids is 1. The van der Waals surface area contributed by atoms with Crippen LogP contribution in [0.2, 0.25) is 0 Å². The number of hydrogen-bond donors (Lipinski definition) is 2. The fraction of sp³-hybridized carbons (Fsp3) is 0.500. The Labute approximate surface area is 146 Å². The number of hydrogen-bond acceptors (Lipinski definition) is 4. The number of nitrogens with zero attached hydrogens (tertiary/aromatic N) is 3. The summed E-state index contributed by atoms with van der Waals surface area (Å²) in [5.41, 5.74) is 0.802. The molecule has 1 amide bonds. The van der Waals surface area contributed by atoms with Crippen molar-refractivity contribution in [3.05, 3.63) is 41.5 Å². The van der Waals surface area contributed by atoms with Crippen molar-refractivity contribution in [3.8, 4) is 0 Å². The van der Waals surface area contributed by atoms with Crippen LogP contribution in [0.5, 0.6) is 0 Å². The fourth-order valence-electron chi connectivity index (χ4n) is 3.11. The van der Waals surface area contributed by atoms with E-state index in [1.807, 2.05) is 13.0 Å². The zero-order chi connectivity index (χ0) is 17.8. The van der Waals surface area contributed by atoms with Gasteiger partial charge in [-0.2, -0.15) is 10.1 Å². The van der Waals surface area contributed by atoms with Crippen molar-refractivity contribution < 1.29 is 9.18 Å². The average molecular weight is 345 g/mol. The van der Waals surface area contributed by atoms with Crippen LogP contribution in [-0.2, 0) is 18.3 Å². The number of piperidine rings is 1. The van der Waals surface area contributed by atoms with Gasteiger partial charge in [-0.25, -0.2) is 9.07 Å². The maximum atomic E-state index is 13.3. The molecule has 6 nitrogen and oxygen atoms in total. The summed E-state index contributed by atoms with van der Waals surface area (Å²) in [5.74, 6) is 0.868. The molecule has 2 heterocycles. The summed E-state index contributed by atoms with van der Waals surface area (Å²) in [6.07, 6.45) is 2.49. The van der Waals surface area contributed by atoms with Gasteiger partial charge in [0.05, 0.1) is 0 Å². The molecule has 1 aliphatic heterocycles. The van der Waals surface area contributed by atoms with Gasteiger partial charge in [-0.3, -0.25) is 10.1 Å². The van der Waals surface area contributed by atoms with Gasteiger partial charge in [-0.1, -0.05) is 19.1 Å². The van der Waals surface area contributed by atoms with Crippen molar-refractivity contribution in [1.82, 2.24) is 20.1 Å². The first kappa shape index (κ1) is 17.5. The number of amides is 1. The number of halogens is 1. The Hall–Kier alpha value is -2.28. The van der Waals surface area contributed by atoms with E-state index >= 15 is 0 Å². The Kier molecular flexibility index (Phi) is 5.43. The molecular formula is C18H24FN5O. The summed E-state index contributed by atoms with van der Waals surface area (Å²) in [6, 6.07) is 6.34. The van der Waals surface area contributed by atoms with E-state index in [9.17, 15) is 9.18 Å². The molecule has 7 heteroatoms. The van der Waals surface area contributed by atoms with E-state index in [-0.39, 0.29) is 17.6 Å². The molecule has 2 N–H and O–H groups in total. The maximum absolute atomic E-state index is 13.3. The minimum absolute atomic E-state index is 0.142. The van der Waals surface area contributed by atoms with Gasteiger partial charge in [0.1, 0.15) is 5.82 Å². The smallest absolute Gasteiger partial charge is 0.229 e. The Morgan fingerprint density at radius 1 is 1.44 bits per heavy atom. The van der Waals surface area contributed by atoms with Crippen LogP contribution in [0.25, 0.3) is 0 Å². The monoisotopic (exact) mass is 345 g/mol. The summed E-state index contributed by atoms with van der Waals surface area (Å²) in [4.78, 5) is 17.0. The highest BCUT2D eigenvalue weighted by Gasteiger charge is 2.22. The molecule has 0 spiro atoms. The highest BCUT2D eigenvalue weighted by Crippen LogP contribution is 2.23. The normalized spacial score (nSPS) is 16.6. The number of anilines is 1. The first-order valence-electron chi connectivity index (χ1n) is 8.70. The van der Waals surface area contributed by atoms with E-state index in [1.165, 1.54) is 12.1 Å². The van der Waals surface area contributed by atoms with Gasteiger partial charge >= 0.3 is 0 Å². The molecule has 0 saturated carbocycles. The predicted molar refractivity (Wildman–Crippen MR) is 93.7 cm³/mol. The molecule has 1 aromatic heterocycles. The van der Waals surface area contributed by atoms with Crippen molar-refractivity contribution in [2.75, 3.05) is 18.4 Å². The SMILES string of the molecule is CC(Cc1cccc(F)c1)C(=O)Nc1nc(C2CCNCC2)nn1C. The van der Waals surface area contributed by atoms with E-state index in [1.54, 1.807) is 17.8 Å². The lowest BCUT2D eigenvalue weighted by molar-refractivity contribution is -0.119. The summed E-state index contributed by atoms with van der Waals surface area (Å²) in [5, 5.41) is 10.6. The average Bonchev–Trinajstić information content (AvgIpc) is 2.96. The highest BCUT2D eigenvalue weighted by molar-refractivity contribution is 5.90. The third-order valence-electron chi connectivity index (χ3n) is 4.60. The molecule has 25 heavy (non-hydrogen) atoms. The highest BCUT2D eigenvalue weighted by atomic mass is 19.1. The van der Waals surface area contributed by atoms with Crippen LogP contribution < -0.4 is 10.6 Å². The lowest BCUT2D eigenvalue weighted by Gasteiger charge is -2.19. The number of benzene rings is 1. The van der Waals surface area contributed by atoms with Crippen molar-refractivity contribution in [1.29, 1.82) is 0 Å². The van der Waals surface area contributed by atoms with E-state index < -0.39 is 0 Å². The summed E-state index contributed by atoms with van der Waals surface area (Å²) in [7, 11) is 1.78. The van der Waals surface area contributed by atoms with Crippen molar-refractivity contribution >= 4 is 11.9 Å². The van der Waals surface area contributed by atoms with Crippen LogP contribution in [0.3, 0.4) is 0 Å². The maximum Gasteiger partial charge on any atom is 0.229 e. The van der Waals surface area contributed by atoms with E-state index in [4.69, 9.17) is 0 Å². The van der Waals surface area contributed by atoms with Crippen LogP contribution >= 0.6 is 0 Å². The Morgan fingerprint density at radius 2 is 2.20 bits per heavy atom. The van der Waals surface area contributed by atoms with Crippen molar-refractivity contribution in [2.45, 2.75) is 32.1 Å². The second-order valence-electron chi connectivity index (χ2n) is 6.67. The minimum Gasteiger partial charge on any atom is -0.317 e. The molecule has 2 aromatic rings. The van der Waals surface area contributed by atoms with E-state index in [0.717, 1.165) is 37.3 Å². The second kappa shape index (κ2) is 7.74. The lowest BCUT2D eigenvalue weighted by Crippen LogP contribution is -2.27. The molecule has 0 bridgehead atoms. The second-order valence-corrected chi connectivity index (χ2v) is 6.67. The molecule has 134 valence electrons. The molecule has 0 aliphatic carbocycles. The molecule has 1 saturated heterocycles. The van der Waals surface area contributed by atoms with Gasteiger partial charge < -0.3 is 5.32 Å². The first-order valence-corrected chi connectivity index (χ1v) is 8.70. The standard InChI is InChI=1S/C18H24FN5O/c1-12(10-13-4-3-5-15(19)11-13)17(25)22-18-21-16(23-24(18)2)14-6-8-20-9-7-14/h3-5,11-12,14,20H,6-10H2,1-2H3,(H,21,22,23,25). The number of carbonyl (C=O) groups is 1. The number of rotatable bonds is 5. The van der Waals surface area contributed by atoms with Gasteiger partial charge in [0.2, 0.25) is 11.9 Å². The molecular weight excluding hydrogens is 321 g/mol. The Bertz CT molecular complexity index is 739. The zero-order valence-corrected chi connectivity index (χ0v) is 14.6. The van der Waals surface area contributed by atoms with Gasteiger partial charge in [0, 0.05) is 18.9 Å². The van der Waals surface area contributed by atoms with Crippen molar-refractivity contribution in [3.63, 3.8) is 0 Å². The molecule has 1 unspecified atom stereocenters. The molecule has 1 atom stereocenters. The molecule has 3 rings (SSSR count). The van der Waals surface area contributed by atoms with Crippen LogP contribution in [0.4, 0.5) is 10.3 Å². The van der Waals surface area contributed by atoms with E-state index in [2.05, 4.69) is 20.7 Å². The predicted octanol–water partition coefficient (Wildman–Crippen LogP) is 2.24. The summed E-state index contributed by atoms with van der Waals surface area (Å²) >= 11 is 0. The zero-order valence-electron chi connectivity index (χ0n) is 14.6. The summed E-state index contributed by atoms with van der Waals surface area (Å²) < 4.78 is 14.9. The van der Waals surface area contributed by atoms with Crippen LogP contribution in [0, 0.1) is 11.7 Å². The molecule has 1 fully saturated rings. The quantitative estimate of drug-likeness (QED) is 0.872. The number of nitrogens with one attached hydrogen (secondary N) is 2. The van der Waals surface area contributed by atoms with Crippen LogP contribution in [0.15, 0.2) is 24.3 Å². The number of aromatic nitrogens is 3. The van der Waals surface area contributed by atoms with Gasteiger partial charge in [-0.05, 0) is 50.0 Å². The van der Waals surface area contributed by atoms with Gasteiger partial charge in [0.25, 0.3) is 0 Å². The number of aryl methyl sites for hydroxylation is 1. The molecule has 1 aliphatic rings. The molecule has 1 aromatic carbocycles. The lowest BCUT2D eigenvalue weighted by atomic mass is 9.98. The Balaban J connectivity index is 1.63. The third-order valence-corrected chi connectivity index (χ3v) is 4.60. The Morgan fingerprint density at radius 3 is 2.92 bits per heavy atom. The van der Waals surface area contributed by atoms with Crippen LogP contribution in [-0.4, -0.2) is 33.8 Å². The largest absolute Gasteiger partial charge is 0.317 e. The van der Waals surface area contributed by atoms with Crippen molar-refractivity contribution in [2.24, 2.45) is 13.0 Å². The van der Waals surface area contributed by atoms with Gasteiger partial charge in [0.15, 0.2) is 5.82 Å². The third kappa shape index (κ3) is 4.42. The fourth-order valence-corrected chi connectivity index (χ4v) is 3.11.